The molecule has 9 heteroatoms. The number of pyridine rings is 3. The van der Waals surface area contributed by atoms with Crippen LogP contribution in [-0.2, 0) is 0 Å². The SMILES string of the molecule is c1ccc2c(c1)c1cnccc1n2-c1nc(-n2c3ccccc3c3cnccc32)nc(-n2c3ccccc3c3cnccc32)n1. The second-order valence-corrected chi connectivity index (χ2v) is 11.0. The van der Waals surface area contributed by atoms with Crippen LogP contribution in [0.15, 0.2) is 128 Å². The Kier molecular flexibility index (Phi) is 4.81. The summed E-state index contributed by atoms with van der Waals surface area (Å²) in [6.07, 6.45) is 11.1. The molecular formula is C36H21N9. The van der Waals surface area contributed by atoms with E-state index in [2.05, 4.69) is 65.1 Å². The highest BCUT2D eigenvalue weighted by Gasteiger charge is 2.22. The molecule has 7 heterocycles. The summed E-state index contributed by atoms with van der Waals surface area (Å²) in [5, 5.41) is 6.33. The quantitative estimate of drug-likeness (QED) is 0.217. The highest BCUT2D eigenvalue weighted by Crippen LogP contribution is 2.35. The van der Waals surface area contributed by atoms with E-state index >= 15 is 0 Å². The summed E-state index contributed by atoms with van der Waals surface area (Å²) in [4.78, 5) is 29.0. The summed E-state index contributed by atoms with van der Waals surface area (Å²) in [6, 6.07) is 30.9. The number of fused-ring (bicyclic) bond motifs is 9. The molecule has 0 aliphatic carbocycles. The Morgan fingerprint density at radius 1 is 0.311 bits per heavy atom. The average molecular weight is 580 g/mol. The van der Waals surface area contributed by atoms with Gasteiger partial charge in [-0.3, -0.25) is 28.7 Å². The summed E-state index contributed by atoms with van der Waals surface area (Å²) in [6.45, 7) is 0. The van der Waals surface area contributed by atoms with Gasteiger partial charge in [0.15, 0.2) is 0 Å². The van der Waals surface area contributed by atoms with E-state index in [0.717, 1.165) is 65.4 Å². The molecule has 0 N–H and O–H groups in total. The fourth-order valence-corrected chi connectivity index (χ4v) is 6.74. The zero-order valence-corrected chi connectivity index (χ0v) is 23.6. The van der Waals surface area contributed by atoms with Crippen LogP contribution in [0.1, 0.15) is 0 Å². The standard InChI is InChI=1S/C36H21N9/c1-4-10-28-22(7-1)25-19-37-16-13-31(25)43(28)34-40-35(44-29-11-5-2-8-23(29)26-20-38-17-14-32(26)44)42-36(41-34)45-30-12-6-3-9-24(30)27-21-39-18-15-33(27)45/h1-21H. The van der Waals surface area contributed by atoms with Gasteiger partial charge >= 0.3 is 0 Å². The van der Waals surface area contributed by atoms with E-state index in [0.29, 0.717) is 17.8 Å². The van der Waals surface area contributed by atoms with E-state index < -0.39 is 0 Å². The molecule has 0 radical (unpaired) electrons. The monoisotopic (exact) mass is 579 g/mol. The molecule has 3 aromatic carbocycles. The molecule has 45 heavy (non-hydrogen) atoms. The van der Waals surface area contributed by atoms with Crippen LogP contribution < -0.4 is 0 Å². The second-order valence-electron chi connectivity index (χ2n) is 11.0. The van der Waals surface area contributed by atoms with E-state index in [-0.39, 0.29) is 0 Å². The van der Waals surface area contributed by atoms with Crippen molar-refractivity contribution in [1.82, 2.24) is 43.6 Å². The van der Waals surface area contributed by atoms with Gasteiger partial charge in [0.05, 0.1) is 33.1 Å². The molecule has 9 nitrogen and oxygen atoms in total. The van der Waals surface area contributed by atoms with Crippen molar-refractivity contribution in [3.05, 3.63) is 128 Å². The van der Waals surface area contributed by atoms with Crippen LogP contribution in [0.25, 0.3) is 83.3 Å². The van der Waals surface area contributed by atoms with Crippen molar-refractivity contribution < 1.29 is 0 Å². The normalized spacial score (nSPS) is 12.0. The van der Waals surface area contributed by atoms with Gasteiger partial charge in [0.2, 0.25) is 17.8 Å². The van der Waals surface area contributed by atoms with Gasteiger partial charge in [-0.05, 0) is 36.4 Å². The molecule has 7 aromatic heterocycles. The minimum absolute atomic E-state index is 0.507. The Morgan fingerprint density at radius 3 is 0.933 bits per heavy atom. The van der Waals surface area contributed by atoms with Gasteiger partial charge in [0.1, 0.15) is 0 Å². The number of benzene rings is 3. The van der Waals surface area contributed by atoms with E-state index in [9.17, 15) is 0 Å². The molecule has 0 aliphatic heterocycles. The highest BCUT2D eigenvalue weighted by atomic mass is 15.3. The van der Waals surface area contributed by atoms with Crippen molar-refractivity contribution in [3.8, 4) is 17.8 Å². The van der Waals surface area contributed by atoms with Crippen LogP contribution in [0.2, 0.25) is 0 Å². The molecule has 0 aliphatic rings. The Labute approximate surface area is 254 Å². The maximum atomic E-state index is 5.23. The molecule has 10 rings (SSSR count). The third kappa shape index (κ3) is 3.31. The molecule has 0 amide bonds. The van der Waals surface area contributed by atoms with Crippen LogP contribution in [0.4, 0.5) is 0 Å². The van der Waals surface area contributed by atoms with Crippen molar-refractivity contribution in [2.45, 2.75) is 0 Å². The Bertz CT molecular complexity index is 2310. The number of rotatable bonds is 3. The van der Waals surface area contributed by atoms with E-state index in [1.807, 2.05) is 73.2 Å². The van der Waals surface area contributed by atoms with Crippen LogP contribution in [-0.4, -0.2) is 43.6 Å². The molecule has 10 aromatic rings. The second kappa shape index (κ2) is 9.01. The maximum absolute atomic E-state index is 5.23. The van der Waals surface area contributed by atoms with Crippen LogP contribution >= 0.6 is 0 Å². The molecule has 0 spiro atoms. The molecule has 0 fully saturated rings. The molecule has 0 unspecified atom stereocenters. The number of para-hydroxylation sites is 3. The zero-order chi connectivity index (χ0) is 29.5. The third-order valence-corrected chi connectivity index (χ3v) is 8.62. The fraction of sp³-hybridized carbons (Fsp3) is 0. The molecule has 210 valence electrons. The Morgan fingerprint density at radius 2 is 0.600 bits per heavy atom. The van der Waals surface area contributed by atoms with Crippen molar-refractivity contribution in [3.63, 3.8) is 0 Å². The van der Waals surface area contributed by atoms with Crippen molar-refractivity contribution in [2.24, 2.45) is 0 Å². The molecule has 0 atom stereocenters. The number of nitrogens with zero attached hydrogens (tertiary/aromatic N) is 9. The van der Waals surface area contributed by atoms with E-state index in [1.165, 1.54) is 0 Å². The van der Waals surface area contributed by atoms with Crippen LogP contribution in [0, 0.1) is 0 Å². The number of hydrogen-bond acceptors (Lipinski definition) is 6. The Hall–Kier alpha value is -6.48. The predicted molar refractivity (Wildman–Crippen MR) is 176 cm³/mol. The zero-order valence-electron chi connectivity index (χ0n) is 23.6. The summed E-state index contributed by atoms with van der Waals surface area (Å²) in [5.41, 5.74) is 5.86. The maximum Gasteiger partial charge on any atom is 0.241 e. The summed E-state index contributed by atoms with van der Waals surface area (Å²) in [7, 11) is 0. The lowest BCUT2D eigenvalue weighted by molar-refractivity contribution is 0.847. The topological polar surface area (TPSA) is 92.1 Å². The van der Waals surface area contributed by atoms with E-state index in [1.54, 1.807) is 18.6 Å². The van der Waals surface area contributed by atoms with Gasteiger partial charge in [-0.25, -0.2) is 0 Å². The van der Waals surface area contributed by atoms with Crippen LogP contribution in [0.5, 0.6) is 0 Å². The van der Waals surface area contributed by atoms with Gasteiger partial charge in [-0.15, -0.1) is 0 Å². The van der Waals surface area contributed by atoms with Gasteiger partial charge in [-0.1, -0.05) is 54.6 Å². The Balaban J connectivity index is 1.38. The first-order chi connectivity index (χ1) is 22.3. The molecular weight excluding hydrogens is 558 g/mol. The summed E-state index contributed by atoms with van der Waals surface area (Å²) in [5.74, 6) is 1.52. The number of aromatic nitrogens is 9. The van der Waals surface area contributed by atoms with Gasteiger partial charge < -0.3 is 0 Å². The van der Waals surface area contributed by atoms with Gasteiger partial charge in [0.25, 0.3) is 0 Å². The minimum Gasteiger partial charge on any atom is -0.278 e. The van der Waals surface area contributed by atoms with Gasteiger partial charge in [0, 0.05) is 69.5 Å². The van der Waals surface area contributed by atoms with E-state index in [4.69, 9.17) is 15.0 Å². The lowest BCUT2D eigenvalue weighted by atomic mass is 10.2. The lowest BCUT2D eigenvalue weighted by Gasteiger charge is -2.13. The largest absolute Gasteiger partial charge is 0.278 e. The first-order valence-corrected chi connectivity index (χ1v) is 14.6. The van der Waals surface area contributed by atoms with Crippen molar-refractivity contribution in [2.75, 3.05) is 0 Å². The highest BCUT2D eigenvalue weighted by molar-refractivity contribution is 6.10. The lowest BCUT2D eigenvalue weighted by Crippen LogP contribution is -2.13. The average Bonchev–Trinajstić information content (AvgIpc) is 3.74. The minimum atomic E-state index is 0.507. The first-order valence-electron chi connectivity index (χ1n) is 14.6. The molecule has 0 saturated heterocycles. The van der Waals surface area contributed by atoms with Crippen LogP contribution in [0.3, 0.4) is 0 Å². The predicted octanol–water partition coefficient (Wildman–Crippen LogP) is 7.35. The number of hydrogen-bond donors (Lipinski definition) is 0. The molecule has 0 saturated carbocycles. The molecule has 0 bridgehead atoms. The van der Waals surface area contributed by atoms with Gasteiger partial charge in [-0.2, -0.15) is 15.0 Å². The third-order valence-electron chi connectivity index (χ3n) is 8.62. The first kappa shape index (κ1) is 24.0. The summed E-state index contributed by atoms with van der Waals surface area (Å²) < 4.78 is 6.31. The smallest absolute Gasteiger partial charge is 0.241 e. The fourth-order valence-electron chi connectivity index (χ4n) is 6.74. The summed E-state index contributed by atoms with van der Waals surface area (Å²) >= 11 is 0. The van der Waals surface area contributed by atoms with Crippen molar-refractivity contribution >= 4 is 65.4 Å². The van der Waals surface area contributed by atoms with Crippen molar-refractivity contribution in [1.29, 1.82) is 0 Å².